The third-order valence-corrected chi connectivity index (χ3v) is 9.56. The lowest BCUT2D eigenvalue weighted by molar-refractivity contribution is -0.137. The standard InChI is InChI=1S/C31H39ClF3NO/c32-27-13-9-24(10-14-27)29(17-5-18-29)22-30(26-8-4-19-36-21-26,20-23-6-2-1-3-7-23)37-28-15-11-25(12-16-28)31(33,34)35/h9-16,23,26,36H,1-8,17-22H2. The summed E-state index contributed by atoms with van der Waals surface area (Å²) in [6.45, 7) is 1.91. The normalized spacial score (nSPS) is 24.2. The Kier molecular flexibility index (Phi) is 8.12. The van der Waals surface area contributed by atoms with Gasteiger partial charge in [0.2, 0.25) is 0 Å². The van der Waals surface area contributed by atoms with Crippen molar-refractivity contribution < 1.29 is 17.9 Å². The fourth-order valence-corrected chi connectivity index (χ4v) is 7.34. The molecule has 1 saturated heterocycles. The Labute approximate surface area is 224 Å². The summed E-state index contributed by atoms with van der Waals surface area (Å²) in [6, 6.07) is 13.7. The van der Waals surface area contributed by atoms with Crippen molar-refractivity contribution in [3.05, 3.63) is 64.7 Å². The van der Waals surface area contributed by atoms with Gasteiger partial charge in [0.15, 0.2) is 0 Å². The quantitative estimate of drug-likeness (QED) is 0.365. The SMILES string of the molecule is FC(F)(F)c1ccc(OC(CC2CCCCC2)(CC2(c3ccc(Cl)cc3)CCC2)C2CCCNC2)cc1. The van der Waals surface area contributed by atoms with Crippen LogP contribution in [0.25, 0.3) is 0 Å². The van der Waals surface area contributed by atoms with Crippen molar-refractivity contribution in [2.75, 3.05) is 13.1 Å². The Morgan fingerprint density at radius 1 is 0.865 bits per heavy atom. The maximum Gasteiger partial charge on any atom is 0.416 e. The monoisotopic (exact) mass is 533 g/mol. The number of nitrogens with one attached hydrogen (secondary N) is 1. The Hall–Kier alpha value is -1.72. The van der Waals surface area contributed by atoms with E-state index in [1.165, 1.54) is 56.2 Å². The van der Waals surface area contributed by atoms with Gasteiger partial charge >= 0.3 is 6.18 Å². The predicted molar refractivity (Wildman–Crippen MR) is 143 cm³/mol. The van der Waals surface area contributed by atoms with E-state index in [9.17, 15) is 13.2 Å². The van der Waals surface area contributed by atoms with Crippen LogP contribution in [0.15, 0.2) is 48.5 Å². The van der Waals surface area contributed by atoms with Crippen LogP contribution in [0.4, 0.5) is 13.2 Å². The number of piperidine rings is 1. The minimum absolute atomic E-state index is 0.0165. The van der Waals surface area contributed by atoms with E-state index in [-0.39, 0.29) is 5.41 Å². The first-order chi connectivity index (χ1) is 17.8. The molecule has 202 valence electrons. The van der Waals surface area contributed by atoms with Crippen molar-refractivity contribution in [2.45, 2.75) is 94.2 Å². The molecular weight excluding hydrogens is 495 g/mol. The van der Waals surface area contributed by atoms with Crippen LogP contribution in [-0.2, 0) is 11.6 Å². The maximum atomic E-state index is 13.3. The van der Waals surface area contributed by atoms with E-state index in [0.717, 1.165) is 68.8 Å². The highest BCUT2D eigenvalue weighted by molar-refractivity contribution is 6.30. The number of benzene rings is 2. The Morgan fingerprint density at radius 3 is 2.14 bits per heavy atom. The molecule has 1 aliphatic heterocycles. The molecule has 5 rings (SSSR count). The van der Waals surface area contributed by atoms with E-state index in [1.807, 2.05) is 12.1 Å². The van der Waals surface area contributed by atoms with Gasteiger partial charge in [-0.15, -0.1) is 0 Å². The molecule has 1 heterocycles. The molecule has 3 fully saturated rings. The van der Waals surface area contributed by atoms with Crippen molar-refractivity contribution in [2.24, 2.45) is 11.8 Å². The molecule has 2 saturated carbocycles. The predicted octanol–water partition coefficient (Wildman–Crippen LogP) is 8.96. The van der Waals surface area contributed by atoms with Gasteiger partial charge in [-0.2, -0.15) is 13.2 Å². The fourth-order valence-electron chi connectivity index (χ4n) is 7.22. The summed E-state index contributed by atoms with van der Waals surface area (Å²) in [4.78, 5) is 0. The van der Waals surface area contributed by atoms with Crippen LogP contribution >= 0.6 is 11.6 Å². The Bertz CT molecular complexity index is 1010. The zero-order valence-electron chi connectivity index (χ0n) is 21.6. The topological polar surface area (TPSA) is 21.3 Å². The lowest BCUT2D eigenvalue weighted by atomic mass is 9.56. The van der Waals surface area contributed by atoms with Crippen LogP contribution in [0.2, 0.25) is 5.02 Å². The second-order valence-electron chi connectivity index (χ2n) is 11.8. The molecule has 3 aliphatic rings. The molecule has 2 atom stereocenters. The molecule has 0 amide bonds. The van der Waals surface area contributed by atoms with Crippen LogP contribution in [0.1, 0.15) is 88.2 Å². The number of hydrogen-bond acceptors (Lipinski definition) is 2. The van der Waals surface area contributed by atoms with E-state index in [2.05, 4.69) is 17.4 Å². The zero-order chi connectivity index (χ0) is 25.9. The number of alkyl halides is 3. The van der Waals surface area contributed by atoms with Crippen LogP contribution in [0.5, 0.6) is 5.75 Å². The average Bonchev–Trinajstić information content (AvgIpc) is 2.88. The van der Waals surface area contributed by atoms with Gasteiger partial charge < -0.3 is 10.1 Å². The summed E-state index contributed by atoms with van der Waals surface area (Å²) in [7, 11) is 0. The molecule has 2 aromatic carbocycles. The zero-order valence-corrected chi connectivity index (χ0v) is 22.3. The van der Waals surface area contributed by atoms with Crippen molar-refractivity contribution >= 4 is 11.6 Å². The summed E-state index contributed by atoms with van der Waals surface area (Å²) in [5.41, 5.74) is 0.266. The van der Waals surface area contributed by atoms with Crippen LogP contribution < -0.4 is 10.1 Å². The average molecular weight is 534 g/mol. The number of halogens is 4. The summed E-state index contributed by atoms with van der Waals surface area (Å²) in [5, 5.41) is 4.35. The van der Waals surface area contributed by atoms with Gasteiger partial charge in [0.1, 0.15) is 11.4 Å². The molecular formula is C31H39ClF3NO. The van der Waals surface area contributed by atoms with Gasteiger partial charge in [0, 0.05) is 17.5 Å². The molecule has 0 radical (unpaired) electrons. The fraction of sp³-hybridized carbons (Fsp3) is 0.613. The molecule has 6 heteroatoms. The lowest BCUT2D eigenvalue weighted by Gasteiger charge is -2.53. The second kappa shape index (κ2) is 11.2. The van der Waals surface area contributed by atoms with Gasteiger partial charge in [-0.05, 0) is 98.4 Å². The molecule has 2 nitrogen and oxygen atoms in total. The van der Waals surface area contributed by atoms with Gasteiger partial charge in [-0.1, -0.05) is 62.3 Å². The van der Waals surface area contributed by atoms with Gasteiger partial charge in [0.05, 0.1) is 5.56 Å². The summed E-state index contributed by atoms with van der Waals surface area (Å²) in [5.74, 6) is 1.46. The largest absolute Gasteiger partial charge is 0.487 e. The maximum absolute atomic E-state index is 13.3. The second-order valence-corrected chi connectivity index (χ2v) is 12.2. The molecule has 2 aromatic rings. The summed E-state index contributed by atoms with van der Waals surface area (Å²) < 4.78 is 46.9. The smallest absolute Gasteiger partial charge is 0.416 e. The number of rotatable bonds is 8. The van der Waals surface area contributed by atoms with E-state index < -0.39 is 17.3 Å². The van der Waals surface area contributed by atoms with Gasteiger partial charge in [0.25, 0.3) is 0 Å². The molecule has 1 N–H and O–H groups in total. The first kappa shape index (κ1) is 26.9. The molecule has 0 aromatic heterocycles. The van der Waals surface area contributed by atoms with Crippen molar-refractivity contribution in [3.8, 4) is 5.75 Å². The highest BCUT2D eigenvalue weighted by Gasteiger charge is 2.52. The van der Waals surface area contributed by atoms with E-state index in [1.54, 1.807) is 0 Å². The minimum Gasteiger partial charge on any atom is -0.487 e. The Morgan fingerprint density at radius 2 is 1.57 bits per heavy atom. The molecule has 2 aliphatic carbocycles. The lowest BCUT2D eigenvalue weighted by Crippen LogP contribution is -2.56. The number of hydrogen-bond donors (Lipinski definition) is 1. The number of ether oxygens (including phenoxy) is 1. The van der Waals surface area contributed by atoms with Crippen molar-refractivity contribution in [1.82, 2.24) is 5.32 Å². The minimum atomic E-state index is -4.35. The Balaban J connectivity index is 1.53. The van der Waals surface area contributed by atoms with E-state index in [0.29, 0.717) is 17.6 Å². The van der Waals surface area contributed by atoms with Gasteiger partial charge in [-0.25, -0.2) is 0 Å². The van der Waals surface area contributed by atoms with Crippen LogP contribution in [-0.4, -0.2) is 18.7 Å². The summed E-state index contributed by atoms with van der Waals surface area (Å²) in [6.07, 6.45) is 9.33. The highest BCUT2D eigenvalue weighted by Crippen LogP contribution is 2.54. The van der Waals surface area contributed by atoms with Crippen LogP contribution in [0.3, 0.4) is 0 Å². The third-order valence-electron chi connectivity index (χ3n) is 9.31. The van der Waals surface area contributed by atoms with Gasteiger partial charge in [-0.3, -0.25) is 0 Å². The molecule has 0 bridgehead atoms. The molecule has 37 heavy (non-hydrogen) atoms. The van der Waals surface area contributed by atoms with Crippen molar-refractivity contribution in [1.29, 1.82) is 0 Å². The molecule has 2 unspecified atom stereocenters. The van der Waals surface area contributed by atoms with E-state index in [4.69, 9.17) is 16.3 Å². The first-order valence-corrected chi connectivity index (χ1v) is 14.5. The summed E-state index contributed by atoms with van der Waals surface area (Å²) >= 11 is 6.25. The highest BCUT2D eigenvalue weighted by atomic mass is 35.5. The van der Waals surface area contributed by atoms with Crippen LogP contribution in [0, 0.1) is 11.8 Å². The first-order valence-electron chi connectivity index (χ1n) is 14.1. The van der Waals surface area contributed by atoms with Crippen molar-refractivity contribution in [3.63, 3.8) is 0 Å². The third kappa shape index (κ3) is 6.14. The van der Waals surface area contributed by atoms with E-state index >= 15 is 0 Å². The molecule has 0 spiro atoms.